The van der Waals surface area contributed by atoms with Crippen LogP contribution in [-0.2, 0) is 43.2 Å². The minimum Gasteiger partial charge on any atom is -0.467 e. The molecule has 0 saturated heterocycles. The highest BCUT2D eigenvalue weighted by Gasteiger charge is 2.35. The minimum absolute atomic E-state index is 0.0354. The SMILES string of the molecule is COC(=O)[C@H]1Cc2ccccc2CN1C(=O)COC(=O)Cc1ccc(Cl)cc1. The third-order valence-corrected chi connectivity index (χ3v) is 4.91. The molecule has 6 nitrogen and oxygen atoms in total. The van der Waals surface area contributed by atoms with Gasteiger partial charge in [-0.25, -0.2) is 4.79 Å². The number of esters is 2. The van der Waals surface area contributed by atoms with Gasteiger partial charge in [0.2, 0.25) is 0 Å². The monoisotopic (exact) mass is 401 g/mol. The van der Waals surface area contributed by atoms with Gasteiger partial charge in [0.1, 0.15) is 6.04 Å². The molecule has 1 aliphatic heterocycles. The zero-order valence-electron chi connectivity index (χ0n) is 15.4. The maximum atomic E-state index is 12.7. The molecule has 0 aliphatic carbocycles. The van der Waals surface area contributed by atoms with Gasteiger partial charge in [-0.05, 0) is 28.8 Å². The highest BCUT2D eigenvalue weighted by atomic mass is 35.5. The summed E-state index contributed by atoms with van der Waals surface area (Å²) in [5.74, 6) is -1.45. The van der Waals surface area contributed by atoms with Crippen LogP contribution in [0.2, 0.25) is 5.02 Å². The summed E-state index contributed by atoms with van der Waals surface area (Å²) in [4.78, 5) is 38.3. The number of rotatable bonds is 5. The van der Waals surface area contributed by atoms with Gasteiger partial charge in [0.05, 0.1) is 13.5 Å². The third-order valence-electron chi connectivity index (χ3n) is 4.66. The van der Waals surface area contributed by atoms with Crippen molar-refractivity contribution < 1.29 is 23.9 Å². The molecule has 1 heterocycles. The summed E-state index contributed by atoms with van der Waals surface area (Å²) in [6.07, 6.45) is 0.404. The first kappa shape index (κ1) is 19.9. The van der Waals surface area contributed by atoms with Crippen molar-refractivity contribution in [3.63, 3.8) is 0 Å². The molecule has 0 spiro atoms. The largest absolute Gasteiger partial charge is 0.467 e. The van der Waals surface area contributed by atoms with E-state index in [0.717, 1.165) is 16.7 Å². The average molecular weight is 402 g/mol. The van der Waals surface area contributed by atoms with Gasteiger partial charge in [-0.3, -0.25) is 9.59 Å². The molecule has 28 heavy (non-hydrogen) atoms. The van der Waals surface area contributed by atoms with E-state index in [1.807, 2.05) is 24.3 Å². The Morgan fingerprint density at radius 2 is 1.75 bits per heavy atom. The number of hydrogen-bond donors (Lipinski definition) is 0. The number of methoxy groups -OCH3 is 1. The Bertz CT molecular complexity index is 881. The van der Waals surface area contributed by atoms with Gasteiger partial charge in [0.25, 0.3) is 5.91 Å². The van der Waals surface area contributed by atoms with E-state index < -0.39 is 30.5 Å². The van der Waals surface area contributed by atoms with Crippen molar-refractivity contribution in [2.45, 2.75) is 25.4 Å². The lowest BCUT2D eigenvalue weighted by Crippen LogP contribution is -2.50. The maximum absolute atomic E-state index is 12.7. The molecule has 0 unspecified atom stereocenters. The van der Waals surface area contributed by atoms with Crippen molar-refractivity contribution >= 4 is 29.4 Å². The van der Waals surface area contributed by atoms with Gasteiger partial charge in [-0.1, -0.05) is 48.0 Å². The Balaban J connectivity index is 1.63. The molecule has 0 radical (unpaired) electrons. The normalized spacial score (nSPS) is 15.5. The lowest BCUT2D eigenvalue weighted by Gasteiger charge is -2.35. The number of nitrogens with zero attached hydrogens (tertiary/aromatic N) is 1. The Labute approximate surface area is 168 Å². The summed E-state index contributed by atoms with van der Waals surface area (Å²) >= 11 is 5.82. The Morgan fingerprint density at radius 1 is 1.07 bits per heavy atom. The fourth-order valence-electron chi connectivity index (χ4n) is 3.18. The molecule has 3 rings (SSSR count). The number of fused-ring (bicyclic) bond motifs is 1. The molecule has 0 fully saturated rings. The lowest BCUT2D eigenvalue weighted by atomic mass is 9.94. The molecule has 7 heteroatoms. The topological polar surface area (TPSA) is 72.9 Å². The summed E-state index contributed by atoms with van der Waals surface area (Å²) in [5.41, 5.74) is 2.70. The molecule has 0 aromatic heterocycles. The van der Waals surface area contributed by atoms with Crippen molar-refractivity contribution in [3.05, 3.63) is 70.2 Å². The summed E-state index contributed by atoms with van der Waals surface area (Å²) in [6, 6.07) is 13.7. The second-order valence-corrected chi connectivity index (χ2v) is 6.93. The molecule has 1 atom stereocenters. The van der Waals surface area contributed by atoms with E-state index in [-0.39, 0.29) is 13.0 Å². The number of benzene rings is 2. The van der Waals surface area contributed by atoms with Crippen LogP contribution in [0.1, 0.15) is 16.7 Å². The smallest absolute Gasteiger partial charge is 0.328 e. The third kappa shape index (κ3) is 4.70. The quantitative estimate of drug-likeness (QED) is 0.720. The highest BCUT2D eigenvalue weighted by Crippen LogP contribution is 2.24. The number of carbonyl (C=O) groups is 3. The first-order valence-electron chi connectivity index (χ1n) is 8.82. The van der Waals surface area contributed by atoms with Crippen LogP contribution >= 0.6 is 11.6 Å². The standard InChI is InChI=1S/C21H20ClNO5/c1-27-21(26)18-11-15-4-2-3-5-16(15)12-23(18)19(24)13-28-20(25)10-14-6-8-17(22)9-7-14/h2-9,18H,10-13H2,1H3/t18-/m1/s1. The minimum atomic E-state index is -0.734. The Hall–Kier alpha value is -2.86. The van der Waals surface area contributed by atoms with E-state index in [4.69, 9.17) is 21.1 Å². The van der Waals surface area contributed by atoms with E-state index in [9.17, 15) is 14.4 Å². The number of halogens is 1. The highest BCUT2D eigenvalue weighted by molar-refractivity contribution is 6.30. The van der Waals surface area contributed by atoms with E-state index in [1.54, 1.807) is 24.3 Å². The van der Waals surface area contributed by atoms with Gasteiger partial charge >= 0.3 is 11.9 Å². The van der Waals surface area contributed by atoms with E-state index in [2.05, 4.69) is 0 Å². The van der Waals surface area contributed by atoms with Crippen molar-refractivity contribution in [3.8, 4) is 0 Å². The number of hydrogen-bond acceptors (Lipinski definition) is 5. The van der Waals surface area contributed by atoms with Crippen LogP contribution in [0, 0.1) is 0 Å². The van der Waals surface area contributed by atoms with E-state index >= 15 is 0 Å². The molecule has 2 aromatic carbocycles. The molecular formula is C21H20ClNO5. The lowest BCUT2D eigenvalue weighted by molar-refractivity contribution is -0.159. The van der Waals surface area contributed by atoms with Crippen LogP contribution < -0.4 is 0 Å². The number of carbonyl (C=O) groups excluding carboxylic acids is 3. The summed E-state index contributed by atoms with van der Waals surface area (Å²) < 4.78 is 9.97. The van der Waals surface area contributed by atoms with Crippen molar-refractivity contribution in [1.82, 2.24) is 4.90 Å². The molecule has 0 N–H and O–H groups in total. The predicted octanol–water partition coefficient (Wildman–Crippen LogP) is 2.55. The van der Waals surface area contributed by atoms with Gasteiger partial charge in [-0.2, -0.15) is 0 Å². The molecule has 1 amide bonds. The Kier molecular flexibility index (Phi) is 6.31. The second kappa shape index (κ2) is 8.89. The van der Waals surface area contributed by atoms with Crippen LogP contribution in [0.25, 0.3) is 0 Å². The maximum Gasteiger partial charge on any atom is 0.328 e. The predicted molar refractivity (Wildman–Crippen MR) is 103 cm³/mol. The van der Waals surface area contributed by atoms with Crippen molar-refractivity contribution in [2.75, 3.05) is 13.7 Å². The fraction of sp³-hybridized carbons (Fsp3) is 0.286. The molecule has 0 bridgehead atoms. The van der Waals surface area contributed by atoms with Crippen LogP contribution in [-0.4, -0.2) is 42.5 Å². The van der Waals surface area contributed by atoms with Crippen LogP contribution in [0.5, 0.6) is 0 Å². The van der Waals surface area contributed by atoms with Crippen molar-refractivity contribution in [1.29, 1.82) is 0 Å². The summed E-state index contributed by atoms with van der Waals surface area (Å²) in [7, 11) is 1.29. The molecule has 2 aromatic rings. The molecule has 0 saturated carbocycles. The van der Waals surface area contributed by atoms with Gasteiger partial charge < -0.3 is 14.4 Å². The average Bonchev–Trinajstić information content (AvgIpc) is 2.72. The Morgan fingerprint density at radius 3 is 2.43 bits per heavy atom. The van der Waals surface area contributed by atoms with Gasteiger partial charge in [-0.15, -0.1) is 0 Å². The van der Waals surface area contributed by atoms with E-state index in [1.165, 1.54) is 12.0 Å². The van der Waals surface area contributed by atoms with Crippen LogP contribution in [0.3, 0.4) is 0 Å². The number of ether oxygens (including phenoxy) is 2. The van der Waals surface area contributed by atoms with E-state index in [0.29, 0.717) is 11.4 Å². The van der Waals surface area contributed by atoms with Gasteiger partial charge in [0.15, 0.2) is 6.61 Å². The number of amides is 1. The first-order chi connectivity index (χ1) is 13.5. The summed E-state index contributed by atoms with van der Waals surface area (Å²) in [6.45, 7) is -0.161. The zero-order valence-corrected chi connectivity index (χ0v) is 16.1. The van der Waals surface area contributed by atoms with Crippen molar-refractivity contribution in [2.24, 2.45) is 0 Å². The van der Waals surface area contributed by atoms with Gasteiger partial charge in [0, 0.05) is 18.0 Å². The second-order valence-electron chi connectivity index (χ2n) is 6.50. The fourth-order valence-corrected chi connectivity index (χ4v) is 3.30. The first-order valence-corrected chi connectivity index (χ1v) is 9.20. The molecule has 1 aliphatic rings. The van der Waals surface area contributed by atoms with Crippen LogP contribution in [0.4, 0.5) is 0 Å². The zero-order chi connectivity index (χ0) is 20.1. The summed E-state index contributed by atoms with van der Waals surface area (Å²) in [5, 5.41) is 0.575. The molecular weight excluding hydrogens is 382 g/mol. The molecule has 146 valence electrons. The van der Waals surface area contributed by atoms with Crippen LogP contribution in [0.15, 0.2) is 48.5 Å².